The van der Waals surface area contributed by atoms with Gasteiger partial charge < -0.3 is 10.2 Å². The molecule has 0 spiro atoms. The summed E-state index contributed by atoms with van der Waals surface area (Å²) in [5.41, 5.74) is -1.27. The van der Waals surface area contributed by atoms with Gasteiger partial charge in [-0.25, -0.2) is 0 Å². The Bertz CT molecular complexity index is 549. The molecule has 0 saturated carbocycles. The van der Waals surface area contributed by atoms with Crippen LogP contribution >= 0.6 is 0 Å². The summed E-state index contributed by atoms with van der Waals surface area (Å²) in [6, 6.07) is 9.31. The highest BCUT2D eigenvalue weighted by Crippen LogP contribution is 2.44. The second-order valence-corrected chi connectivity index (χ2v) is 5.77. The summed E-state index contributed by atoms with van der Waals surface area (Å²) in [5, 5.41) is 19.0. The fraction of sp³-hybridized carbons (Fsp3) is 0.375. The lowest BCUT2D eigenvalue weighted by molar-refractivity contribution is -0.155. The Balaban J connectivity index is 2.36. The molecule has 2 N–H and O–H groups in total. The summed E-state index contributed by atoms with van der Waals surface area (Å²) >= 11 is 0. The lowest BCUT2D eigenvalue weighted by atomic mass is 9.64. The van der Waals surface area contributed by atoms with Crippen molar-refractivity contribution in [2.24, 2.45) is 10.8 Å². The van der Waals surface area contributed by atoms with Crippen LogP contribution in [0.25, 0.3) is 0 Å². The van der Waals surface area contributed by atoms with Crippen LogP contribution in [0, 0.1) is 10.8 Å². The van der Waals surface area contributed by atoms with Crippen molar-refractivity contribution in [1.82, 2.24) is 0 Å². The Hall–Kier alpha value is -2.10. The van der Waals surface area contributed by atoms with Crippen LogP contribution in [-0.4, -0.2) is 22.2 Å². The van der Waals surface area contributed by atoms with E-state index in [0.29, 0.717) is 12.8 Å². The van der Waals surface area contributed by atoms with Crippen LogP contribution < -0.4 is 0 Å². The van der Waals surface area contributed by atoms with Gasteiger partial charge in [-0.2, -0.15) is 0 Å². The van der Waals surface area contributed by atoms with Crippen LogP contribution in [0.5, 0.6) is 0 Å². The van der Waals surface area contributed by atoms with E-state index in [1.54, 1.807) is 19.1 Å². The minimum Gasteiger partial charge on any atom is -0.481 e. The first kappa shape index (κ1) is 14.3. The molecule has 2 rings (SSSR count). The van der Waals surface area contributed by atoms with Crippen molar-refractivity contribution in [3.63, 3.8) is 0 Å². The molecule has 0 fully saturated rings. The van der Waals surface area contributed by atoms with E-state index in [1.807, 2.05) is 30.3 Å². The van der Waals surface area contributed by atoms with Crippen LogP contribution in [0.3, 0.4) is 0 Å². The average Bonchev–Trinajstić information content (AvgIpc) is 2.39. The second kappa shape index (κ2) is 5.12. The molecule has 0 heterocycles. The third-order valence-electron chi connectivity index (χ3n) is 4.02. The highest BCUT2D eigenvalue weighted by Gasteiger charge is 2.48. The Morgan fingerprint density at radius 1 is 1.15 bits per heavy atom. The highest BCUT2D eigenvalue weighted by molar-refractivity contribution is 5.81. The SMILES string of the molecule is CC1(C(=O)O)CC=CC(Cc2ccccc2)(C(=O)O)C1. The van der Waals surface area contributed by atoms with Gasteiger partial charge >= 0.3 is 11.9 Å². The second-order valence-electron chi connectivity index (χ2n) is 5.77. The van der Waals surface area contributed by atoms with Gasteiger partial charge in [0.2, 0.25) is 0 Å². The van der Waals surface area contributed by atoms with E-state index in [4.69, 9.17) is 0 Å². The molecule has 1 aromatic rings. The number of carboxylic acids is 2. The van der Waals surface area contributed by atoms with Gasteiger partial charge in [0.25, 0.3) is 0 Å². The number of rotatable bonds is 4. The zero-order chi connectivity index (χ0) is 14.8. The Morgan fingerprint density at radius 3 is 2.35 bits per heavy atom. The van der Waals surface area contributed by atoms with Gasteiger partial charge in [0, 0.05) is 0 Å². The molecule has 2 unspecified atom stereocenters. The molecule has 4 nitrogen and oxygen atoms in total. The molecule has 106 valence electrons. The van der Waals surface area contributed by atoms with E-state index in [9.17, 15) is 19.8 Å². The largest absolute Gasteiger partial charge is 0.481 e. The van der Waals surface area contributed by atoms with E-state index >= 15 is 0 Å². The highest BCUT2D eigenvalue weighted by atomic mass is 16.4. The van der Waals surface area contributed by atoms with Gasteiger partial charge in [-0.1, -0.05) is 42.5 Å². The summed E-state index contributed by atoms with van der Waals surface area (Å²) < 4.78 is 0. The molecule has 4 heteroatoms. The quantitative estimate of drug-likeness (QED) is 0.828. The maximum atomic E-state index is 11.7. The molecule has 20 heavy (non-hydrogen) atoms. The monoisotopic (exact) mass is 274 g/mol. The number of hydrogen-bond acceptors (Lipinski definition) is 2. The molecule has 0 aliphatic heterocycles. The van der Waals surface area contributed by atoms with Gasteiger partial charge in [-0.15, -0.1) is 0 Å². The summed E-state index contributed by atoms with van der Waals surface area (Å²) in [6.07, 6.45) is 4.13. The lowest BCUT2D eigenvalue weighted by Gasteiger charge is -2.38. The fourth-order valence-electron chi connectivity index (χ4n) is 2.84. The smallest absolute Gasteiger partial charge is 0.313 e. The van der Waals surface area contributed by atoms with Crippen molar-refractivity contribution >= 4 is 11.9 Å². The van der Waals surface area contributed by atoms with Crippen LogP contribution in [0.15, 0.2) is 42.5 Å². The van der Waals surface area contributed by atoms with Gasteiger partial charge in [0.1, 0.15) is 0 Å². The van der Waals surface area contributed by atoms with E-state index in [1.165, 1.54) is 0 Å². The van der Waals surface area contributed by atoms with Crippen LogP contribution in [0.4, 0.5) is 0 Å². The number of aliphatic carboxylic acids is 2. The van der Waals surface area contributed by atoms with Gasteiger partial charge in [0.15, 0.2) is 0 Å². The van der Waals surface area contributed by atoms with Gasteiger partial charge in [0.05, 0.1) is 10.8 Å². The maximum Gasteiger partial charge on any atom is 0.313 e. The predicted molar refractivity (Wildman–Crippen MR) is 74.3 cm³/mol. The van der Waals surface area contributed by atoms with Gasteiger partial charge in [-0.3, -0.25) is 9.59 Å². The van der Waals surface area contributed by atoms with E-state index in [2.05, 4.69) is 0 Å². The number of carbonyl (C=O) groups is 2. The zero-order valence-corrected chi connectivity index (χ0v) is 11.4. The first-order valence-corrected chi connectivity index (χ1v) is 6.56. The third-order valence-corrected chi connectivity index (χ3v) is 4.02. The Morgan fingerprint density at radius 2 is 1.80 bits per heavy atom. The summed E-state index contributed by atoms with van der Waals surface area (Å²) in [4.78, 5) is 23.2. The van der Waals surface area contributed by atoms with Crippen molar-refractivity contribution in [3.8, 4) is 0 Å². The summed E-state index contributed by atoms with van der Waals surface area (Å²) in [7, 11) is 0. The molecule has 2 atom stereocenters. The Labute approximate surface area is 117 Å². The topological polar surface area (TPSA) is 74.6 Å². The normalized spacial score (nSPS) is 29.1. The van der Waals surface area contributed by atoms with E-state index < -0.39 is 22.8 Å². The first-order chi connectivity index (χ1) is 9.38. The number of hydrogen-bond donors (Lipinski definition) is 2. The maximum absolute atomic E-state index is 11.7. The average molecular weight is 274 g/mol. The fourth-order valence-corrected chi connectivity index (χ4v) is 2.84. The molecule has 0 aromatic heterocycles. The number of carboxylic acid groups (broad SMARTS) is 2. The van der Waals surface area contributed by atoms with Crippen molar-refractivity contribution < 1.29 is 19.8 Å². The van der Waals surface area contributed by atoms with Gasteiger partial charge in [-0.05, 0) is 31.7 Å². The summed E-state index contributed by atoms with van der Waals surface area (Å²) in [6.45, 7) is 1.61. The lowest BCUT2D eigenvalue weighted by Crippen LogP contribution is -2.42. The Kier molecular flexibility index (Phi) is 3.66. The molecule has 1 aromatic carbocycles. The standard InChI is InChI=1S/C16H18O4/c1-15(13(17)18)8-5-9-16(11-15,14(19)20)10-12-6-3-2-4-7-12/h2-7,9H,8,10-11H2,1H3,(H,17,18)(H,19,20). The van der Waals surface area contributed by atoms with Crippen molar-refractivity contribution in [3.05, 3.63) is 48.0 Å². The van der Waals surface area contributed by atoms with Crippen LogP contribution in [0.1, 0.15) is 25.3 Å². The number of benzene rings is 1. The van der Waals surface area contributed by atoms with Crippen molar-refractivity contribution in [1.29, 1.82) is 0 Å². The van der Waals surface area contributed by atoms with E-state index in [-0.39, 0.29) is 6.42 Å². The van der Waals surface area contributed by atoms with E-state index in [0.717, 1.165) is 5.56 Å². The molecule has 0 bridgehead atoms. The zero-order valence-electron chi connectivity index (χ0n) is 11.4. The third kappa shape index (κ3) is 2.59. The minimum absolute atomic E-state index is 0.107. The molecule has 1 aliphatic rings. The van der Waals surface area contributed by atoms with Crippen molar-refractivity contribution in [2.45, 2.75) is 26.2 Å². The molecule has 1 aliphatic carbocycles. The predicted octanol–water partition coefficient (Wildman–Crippen LogP) is 2.74. The number of allylic oxidation sites excluding steroid dienone is 1. The molecule has 0 saturated heterocycles. The molecular formula is C16H18O4. The molecule has 0 amide bonds. The first-order valence-electron chi connectivity index (χ1n) is 6.56. The minimum atomic E-state index is -1.15. The van der Waals surface area contributed by atoms with Crippen LogP contribution in [-0.2, 0) is 16.0 Å². The van der Waals surface area contributed by atoms with Crippen LogP contribution in [0.2, 0.25) is 0 Å². The molecular weight excluding hydrogens is 256 g/mol. The molecule has 0 radical (unpaired) electrons. The van der Waals surface area contributed by atoms with Crippen molar-refractivity contribution in [2.75, 3.05) is 0 Å². The summed E-state index contributed by atoms with van der Waals surface area (Å²) in [5.74, 6) is -1.91.